The van der Waals surface area contributed by atoms with Gasteiger partial charge in [-0.3, -0.25) is 9.89 Å². The maximum atomic E-state index is 12.6. The van der Waals surface area contributed by atoms with Gasteiger partial charge < -0.3 is 10.2 Å². The predicted octanol–water partition coefficient (Wildman–Crippen LogP) is 4.34. The molecule has 0 unspecified atom stereocenters. The minimum atomic E-state index is -0.122. The molecule has 1 aromatic carbocycles. The van der Waals surface area contributed by atoms with Gasteiger partial charge in [0.15, 0.2) is 11.0 Å². The van der Waals surface area contributed by atoms with Crippen molar-refractivity contribution in [3.05, 3.63) is 41.0 Å². The lowest BCUT2D eigenvalue weighted by atomic mass is 10.2. The molecule has 0 saturated heterocycles. The number of fused-ring (bicyclic) bond motifs is 1. The molecule has 0 spiro atoms. The Morgan fingerprint density at radius 3 is 2.64 bits per heavy atom. The van der Waals surface area contributed by atoms with Crippen molar-refractivity contribution in [2.45, 2.75) is 18.8 Å². The number of thiophene rings is 1. The molecule has 0 aliphatic heterocycles. The van der Waals surface area contributed by atoms with E-state index >= 15 is 0 Å². The Labute approximate surface area is 169 Å². The van der Waals surface area contributed by atoms with E-state index in [4.69, 9.17) is 0 Å². The quantitative estimate of drug-likeness (QED) is 0.511. The van der Waals surface area contributed by atoms with Crippen molar-refractivity contribution < 1.29 is 4.79 Å². The molecule has 142 valence electrons. The number of nitrogens with zero attached hydrogens (tertiary/aromatic N) is 4. The molecule has 2 N–H and O–H groups in total. The highest BCUT2D eigenvalue weighted by atomic mass is 32.1. The van der Waals surface area contributed by atoms with Crippen molar-refractivity contribution in [2.75, 3.05) is 24.3 Å². The molecule has 0 radical (unpaired) electrons. The van der Waals surface area contributed by atoms with E-state index < -0.39 is 0 Å². The monoisotopic (exact) mass is 410 g/mol. The molecule has 1 aliphatic rings. The third kappa shape index (κ3) is 3.27. The van der Waals surface area contributed by atoms with Crippen LogP contribution >= 0.6 is 22.7 Å². The molecule has 1 amide bonds. The fraction of sp³-hybridized carbons (Fsp3) is 0.263. The van der Waals surface area contributed by atoms with Gasteiger partial charge in [0.2, 0.25) is 0 Å². The number of benzene rings is 1. The number of carbonyl (C=O) groups excluding carboxylic acids is 1. The molecule has 28 heavy (non-hydrogen) atoms. The van der Waals surface area contributed by atoms with Crippen molar-refractivity contribution in [2.24, 2.45) is 0 Å². The van der Waals surface area contributed by atoms with Crippen LogP contribution in [0, 0.1) is 0 Å². The van der Waals surface area contributed by atoms with Crippen LogP contribution in [-0.4, -0.2) is 40.2 Å². The van der Waals surface area contributed by atoms with E-state index in [2.05, 4.69) is 25.5 Å². The van der Waals surface area contributed by atoms with Crippen LogP contribution in [0.3, 0.4) is 0 Å². The lowest BCUT2D eigenvalue weighted by Crippen LogP contribution is -2.10. The van der Waals surface area contributed by atoms with Crippen LogP contribution in [0.15, 0.2) is 30.3 Å². The van der Waals surface area contributed by atoms with Gasteiger partial charge in [-0.1, -0.05) is 11.3 Å². The molecule has 1 saturated carbocycles. The third-order valence-electron chi connectivity index (χ3n) is 4.55. The maximum Gasteiger partial charge on any atom is 0.265 e. The number of rotatable bonds is 5. The highest BCUT2D eigenvalue weighted by Crippen LogP contribution is 2.38. The summed E-state index contributed by atoms with van der Waals surface area (Å²) in [7, 11) is 3.93. The van der Waals surface area contributed by atoms with Crippen LogP contribution in [0.4, 0.5) is 10.8 Å². The van der Waals surface area contributed by atoms with Gasteiger partial charge in [0.05, 0.1) is 9.58 Å². The van der Waals surface area contributed by atoms with E-state index in [0.29, 0.717) is 16.6 Å². The van der Waals surface area contributed by atoms with Crippen molar-refractivity contribution in [3.63, 3.8) is 0 Å². The molecule has 0 atom stereocenters. The molecule has 1 aliphatic carbocycles. The Hall–Kier alpha value is -2.78. The normalized spacial score (nSPS) is 13.8. The molecule has 3 aromatic heterocycles. The fourth-order valence-electron chi connectivity index (χ4n) is 2.87. The highest BCUT2D eigenvalue weighted by molar-refractivity contribution is 7.29. The Balaban J connectivity index is 1.29. The summed E-state index contributed by atoms with van der Waals surface area (Å²) in [6.07, 6.45) is 2.37. The summed E-state index contributed by atoms with van der Waals surface area (Å²) in [5.74, 6) is 2.09. The van der Waals surface area contributed by atoms with Crippen LogP contribution in [0.1, 0.15) is 34.3 Å². The minimum Gasteiger partial charge on any atom is -0.354 e. The number of H-pyrrole nitrogens is 1. The largest absolute Gasteiger partial charge is 0.354 e. The van der Waals surface area contributed by atoms with E-state index in [0.717, 1.165) is 31.7 Å². The number of thiazole rings is 1. The number of hydrogen-bond donors (Lipinski definition) is 2. The number of nitrogens with one attached hydrogen (secondary N) is 2. The number of hydrogen-bond acceptors (Lipinski definition) is 7. The topological polar surface area (TPSA) is 86.8 Å². The lowest BCUT2D eigenvalue weighted by molar-refractivity contribution is 0.103. The first-order valence-electron chi connectivity index (χ1n) is 8.98. The van der Waals surface area contributed by atoms with Crippen molar-refractivity contribution >= 4 is 48.9 Å². The van der Waals surface area contributed by atoms with Crippen LogP contribution < -0.4 is 10.2 Å². The molecule has 9 heteroatoms. The first-order chi connectivity index (χ1) is 13.6. The second-order valence-electron chi connectivity index (χ2n) is 7.02. The van der Waals surface area contributed by atoms with E-state index in [9.17, 15) is 4.79 Å². The van der Waals surface area contributed by atoms with Gasteiger partial charge in [-0.05, 0) is 43.2 Å². The van der Waals surface area contributed by atoms with Gasteiger partial charge in [0, 0.05) is 31.3 Å². The summed E-state index contributed by atoms with van der Waals surface area (Å²) < 4.78 is 1.03. The van der Waals surface area contributed by atoms with E-state index in [-0.39, 0.29) is 5.91 Å². The zero-order valence-corrected chi connectivity index (χ0v) is 17.0. The molecule has 7 nitrogen and oxygen atoms in total. The summed E-state index contributed by atoms with van der Waals surface area (Å²) in [5.41, 5.74) is 1.67. The molecule has 0 bridgehead atoms. The predicted molar refractivity (Wildman–Crippen MR) is 114 cm³/mol. The average Bonchev–Trinajstić information content (AvgIpc) is 3.10. The van der Waals surface area contributed by atoms with Crippen LogP contribution in [0.2, 0.25) is 0 Å². The highest BCUT2D eigenvalue weighted by Gasteiger charge is 2.27. The Morgan fingerprint density at radius 2 is 1.96 bits per heavy atom. The fourth-order valence-corrected chi connectivity index (χ4v) is 4.89. The second kappa shape index (κ2) is 6.68. The third-order valence-corrected chi connectivity index (χ3v) is 6.88. The van der Waals surface area contributed by atoms with Crippen LogP contribution in [0.25, 0.3) is 20.9 Å². The SMILES string of the molecule is CN(C)c1nc2sc(C(=O)Nc3ccc(-c4n[nH]c(C5CC5)n4)cc3)cc2s1. The average molecular weight is 411 g/mol. The molecular formula is C19H18N6OS2. The molecule has 4 aromatic rings. The zero-order chi connectivity index (χ0) is 19.3. The van der Waals surface area contributed by atoms with Crippen LogP contribution in [0.5, 0.6) is 0 Å². The first-order valence-corrected chi connectivity index (χ1v) is 10.6. The van der Waals surface area contributed by atoms with E-state index in [1.807, 2.05) is 49.3 Å². The van der Waals surface area contributed by atoms with Gasteiger partial charge >= 0.3 is 0 Å². The van der Waals surface area contributed by atoms with Gasteiger partial charge in [-0.15, -0.1) is 11.3 Å². The van der Waals surface area contributed by atoms with Gasteiger partial charge in [0.1, 0.15) is 10.7 Å². The van der Waals surface area contributed by atoms with E-state index in [1.165, 1.54) is 24.2 Å². The summed E-state index contributed by atoms with van der Waals surface area (Å²) in [5, 5.41) is 11.2. The number of amides is 1. The summed E-state index contributed by atoms with van der Waals surface area (Å²) in [4.78, 5) is 25.2. The first kappa shape index (κ1) is 17.3. The lowest BCUT2D eigenvalue weighted by Gasteiger charge is -2.05. The molecular weight excluding hydrogens is 392 g/mol. The molecule has 3 heterocycles. The van der Waals surface area contributed by atoms with Gasteiger partial charge in [0.25, 0.3) is 5.91 Å². The smallest absolute Gasteiger partial charge is 0.265 e. The summed E-state index contributed by atoms with van der Waals surface area (Å²) >= 11 is 3.00. The van der Waals surface area contributed by atoms with E-state index in [1.54, 1.807) is 11.3 Å². The Bertz CT molecular complexity index is 1120. The number of aromatic nitrogens is 4. The number of carbonyl (C=O) groups is 1. The number of aromatic amines is 1. The molecule has 1 fully saturated rings. The second-order valence-corrected chi connectivity index (χ2v) is 9.06. The zero-order valence-electron chi connectivity index (χ0n) is 15.4. The summed E-state index contributed by atoms with van der Waals surface area (Å²) in [6, 6.07) is 9.50. The van der Waals surface area contributed by atoms with Gasteiger partial charge in [-0.25, -0.2) is 9.97 Å². The van der Waals surface area contributed by atoms with Crippen molar-refractivity contribution in [1.82, 2.24) is 20.2 Å². The Kier molecular flexibility index (Phi) is 4.13. The van der Waals surface area contributed by atoms with Crippen molar-refractivity contribution in [3.8, 4) is 11.4 Å². The Morgan fingerprint density at radius 1 is 1.18 bits per heavy atom. The van der Waals surface area contributed by atoms with Crippen molar-refractivity contribution in [1.29, 1.82) is 0 Å². The minimum absolute atomic E-state index is 0.122. The van der Waals surface area contributed by atoms with Crippen LogP contribution in [-0.2, 0) is 0 Å². The van der Waals surface area contributed by atoms with Gasteiger partial charge in [-0.2, -0.15) is 5.10 Å². The summed E-state index contributed by atoms with van der Waals surface area (Å²) in [6.45, 7) is 0. The maximum absolute atomic E-state index is 12.6. The number of anilines is 2. The molecule has 5 rings (SSSR count). The standard InChI is InChI=1S/C19H18N6OS2/c1-25(2)19-22-18-14(28-19)9-13(27-18)17(26)20-12-7-5-11(6-8-12)16-21-15(23-24-16)10-3-4-10/h5-10H,3-4H2,1-2H3,(H,20,26)(H,21,23,24).